The van der Waals surface area contributed by atoms with Crippen LogP contribution < -0.4 is 10.1 Å². The summed E-state index contributed by atoms with van der Waals surface area (Å²) in [6.45, 7) is 1.60. The maximum absolute atomic E-state index is 12.3. The van der Waals surface area contributed by atoms with Gasteiger partial charge in [0.25, 0.3) is 5.91 Å². The molecule has 1 aliphatic rings. The molecule has 0 unspecified atom stereocenters. The molecule has 5 heteroatoms. The molecule has 2 aromatic rings. The van der Waals surface area contributed by atoms with Crippen molar-refractivity contribution in [2.45, 2.75) is 51.2 Å². The summed E-state index contributed by atoms with van der Waals surface area (Å²) in [6, 6.07) is 16.3. The van der Waals surface area contributed by atoms with Gasteiger partial charge in [-0.1, -0.05) is 37.5 Å². The van der Waals surface area contributed by atoms with Crippen molar-refractivity contribution in [3.05, 3.63) is 60.2 Å². The number of esters is 1. The molecule has 0 aliphatic heterocycles. The number of ether oxygens (including phenoxy) is 2. The molecule has 0 saturated heterocycles. The zero-order valence-electron chi connectivity index (χ0n) is 15.5. The lowest BCUT2D eigenvalue weighted by Gasteiger charge is -2.24. The minimum absolute atomic E-state index is 0.196. The Morgan fingerprint density at radius 3 is 2.22 bits per heavy atom. The summed E-state index contributed by atoms with van der Waals surface area (Å²) in [4.78, 5) is 24.5. The molecule has 27 heavy (non-hydrogen) atoms. The number of hydrogen-bond acceptors (Lipinski definition) is 4. The molecule has 1 atom stereocenters. The molecular formula is C22H25NO4. The van der Waals surface area contributed by atoms with E-state index in [-0.39, 0.29) is 11.9 Å². The average Bonchev–Trinajstić information content (AvgIpc) is 2.70. The quantitative estimate of drug-likeness (QED) is 0.765. The first kappa shape index (κ1) is 19.0. The Balaban J connectivity index is 1.51. The summed E-state index contributed by atoms with van der Waals surface area (Å²) < 4.78 is 11.0. The fourth-order valence-electron chi connectivity index (χ4n) is 3.13. The van der Waals surface area contributed by atoms with Gasteiger partial charge < -0.3 is 14.8 Å². The summed E-state index contributed by atoms with van der Waals surface area (Å²) >= 11 is 0. The van der Waals surface area contributed by atoms with Gasteiger partial charge in [0, 0.05) is 6.04 Å². The SMILES string of the molecule is C[C@@H](OC(=O)c1ccc(Oc2ccccc2)cc1)C(=O)NC1CCCCC1. The highest BCUT2D eigenvalue weighted by Gasteiger charge is 2.22. The molecule has 5 nitrogen and oxygen atoms in total. The van der Waals surface area contributed by atoms with Crippen LogP contribution in [0.5, 0.6) is 11.5 Å². The Morgan fingerprint density at radius 2 is 1.56 bits per heavy atom. The highest BCUT2D eigenvalue weighted by molar-refractivity contribution is 5.92. The zero-order chi connectivity index (χ0) is 19.1. The summed E-state index contributed by atoms with van der Waals surface area (Å²) in [5, 5.41) is 2.98. The second kappa shape index (κ2) is 9.21. The molecule has 0 spiro atoms. The van der Waals surface area contributed by atoms with Crippen molar-refractivity contribution in [3.63, 3.8) is 0 Å². The number of carbonyl (C=O) groups is 2. The second-order valence-electron chi connectivity index (χ2n) is 6.83. The first-order valence-corrected chi connectivity index (χ1v) is 9.46. The number of benzene rings is 2. The number of hydrogen-bond donors (Lipinski definition) is 1. The third-order valence-corrected chi connectivity index (χ3v) is 4.67. The minimum Gasteiger partial charge on any atom is -0.457 e. The average molecular weight is 367 g/mol. The standard InChI is InChI=1S/C22H25NO4/c1-16(21(24)23-18-8-4-2-5-9-18)26-22(25)17-12-14-20(15-13-17)27-19-10-6-3-7-11-19/h3,6-7,10-16,18H,2,4-5,8-9H2,1H3,(H,23,24)/t16-/m1/s1. The molecule has 3 rings (SSSR count). The van der Waals surface area contributed by atoms with Gasteiger partial charge in [0.15, 0.2) is 6.10 Å². The molecule has 1 fully saturated rings. The zero-order valence-corrected chi connectivity index (χ0v) is 15.5. The lowest BCUT2D eigenvalue weighted by Crippen LogP contribution is -2.42. The van der Waals surface area contributed by atoms with E-state index in [4.69, 9.17) is 9.47 Å². The van der Waals surface area contributed by atoms with Crippen molar-refractivity contribution in [1.82, 2.24) is 5.32 Å². The number of carbonyl (C=O) groups excluding carboxylic acids is 2. The third kappa shape index (κ3) is 5.58. The number of amides is 1. The summed E-state index contributed by atoms with van der Waals surface area (Å²) in [5.74, 6) is 0.591. The molecule has 0 bridgehead atoms. The maximum Gasteiger partial charge on any atom is 0.338 e. The lowest BCUT2D eigenvalue weighted by atomic mass is 9.95. The number of para-hydroxylation sites is 1. The normalized spacial score (nSPS) is 15.6. The molecule has 1 aliphatic carbocycles. The van der Waals surface area contributed by atoms with Crippen LogP contribution >= 0.6 is 0 Å². The van der Waals surface area contributed by atoms with E-state index >= 15 is 0 Å². The van der Waals surface area contributed by atoms with E-state index in [1.165, 1.54) is 6.42 Å². The predicted molar refractivity (Wildman–Crippen MR) is 103 cm³/mol. The first-order chi connectivity index (χ1) is 13.1. The van der Waals surface area contributed by atoms with E-state index in [0.717, 1.165) is 31.4 Å². The van der Waals surface area contributed by atoms with Gasteiger partial charge in [-0.3, -0.25) is 4.79 Å². The Kier molecular flexibility index (Phi) is 6.47. The summed E-state index contributed by atoms with van der Waals surface area (Å²) in [6.07, 6.45) is 4.66. The van der Waals surface area contributed by atoms with Crippen molar-refractivity contribution in [1.29, 1.82) is 0 Å². The van der Waals surface area contributed by atoms with E-state index < -0.39 is 12.1 Å². The fourth-order valence-corrected chi connectivity index (χ4v) is 3.13. The van der Waals surface area contributed by atoms with Crippen molar-refractivity contribution >= 4 is 11.9 Å². The Hall–Kier alpha value is -2.82. The van der Waals surface area contributed by atoms with Gasteiger partial charge >= 0.3 is 5.97 Å². The van der Waals surface area contributed by atoms with E-state index in [9.17, 15) is 9.59 Å². The molecule has 1 N–H and O–H groups in total. The van der Waals surface area contributed by atoms with Gasteiger partial charge in [-0.05, 0) is 56.2 Å². The molecule has 142 valence electrons. The van der Waals surface area contributed by atoms with Gasteiger partial charge in [-0.2, -0.15) is 0 Å². The monoisotopic (exact) mass is 367 g/mol. The second-order valence-corrected chi connectivity index (χ2v) is 6.83. The van der Waals surface area contributed by atoms with Crippen molar-refractivity contribution < 1.29 is 19.1 Å². The number of rotatable bonds is 6. The van der Waals surface area contributed by atoms with Crippen LogP contribution in [0.2, 0.25) is 0 Å². The fraction of sp³-hybridized carbons (Fsp3) is 0.364. The number of nitrogens with one attached hydrogen (secondary N) is 1. The first-order valence-electron chi connectivity index (χ1n) is 9.46. The molecule has 1 saturated carbocycles. The maximum atomic E-state index is 12.3. The Morgan fingerprint density at radius 1 is 0.926 bits per heavy atom. The molecule has 2 aromatic carbocycles. The summed E-state index contributed by atoms with van der Waals surface area (Å²) in [5.41, 5.74) is 0.382. The van der Waals surface area contributed by atoms with Crippen LogP contribution in [0.1, 0.15) is 49.4 Å². The molecule has 1 amide bonds. The van der Waals surface area contributed by atoms with Crippen LogP contribution in [-0.4, -0.2) is 24.0 Å². The van der Waals surface area contributed by atoms with Gasteiger partial charge in [0.05, 0.1) is 5.56 Å². The van der Waals surface area contributed by atoms with Crippen molar-refractivity contribution in [2.75, 3.05) is 0 Å². The van der Waals surface area contributed by atoms with Crippen LogP contribution in [0.4, 0.5) is 0 Å². The van der Waals surface area contributed by atoms with Gasteiger partial charge in [-0.15, -0.1) is 0 Å². The molecular weight excluding hydrogens is 342 g/mol. The molecule has 0 heterocycles. The molecule has 0 radical (unpaired) electrons. The van der Waals surface area contributed by atoms with Crippen LogP contribution in [0.15, 0.2) is 54.6 Å². The topological polar surface area (TPSA) is 64.6 Å². The highest BCUT2D eigenvalue weighted by Crippen LogP contribution is 2.21. The van der Waals surface area contributed by atoms with Gasteiger partial charge in [-0.25, -0.2) is 4.79 Å². The Bertz CT molecular complexity index is 752. The van der Waals surface area contributed by atoms with Crippen LogP contribution in [0.3, 0.4) is 0 Å². The predicted octanol–water partition coefficient (Wildman–Crippen LogP) is 4.47. The van der Waals surface area contributed by atoms with Crippen LogP contribution in [-0.2, 0) is 9.53 Å². The van der Waals surface area contributed by atoms with Gasteiger partial charge in [0.1, 0.15) is 11.5 Å². The van der Waals surface area contributed by atoms with E-state index in [1.807, 2.05) is 30.3 Å². The van der Waals surface area contributed by atoms with Crippen LogP contribution in [0.25, 0.3) is 0 Å². The lowest BCUT2D eigenvalue weighted by molar-refractivity contribution is -0.130. The van der Waals surface area contributed by atoms with E-state index in [0.29, 0.717) is 11.3 Å². The van der Waals surface area contributed by atoms with Crippen molar-refractivity contribution in [2.24, 2.45) is 0 Å². The largest absolute Gasteiger partial charge is 0.457 e. The van der Waals surface area contributed by atoms with Gasteiger partial charge in [0.2, 0.25) is 0 Å². The summed E-state index contributed by atoms with van der Waals surface area (Å²) in [7, 11) is 0. The third-order valence-electron chi connectivity index (χ3n) is 4.67. The van der Waals surface area contributed by atoms with E-state index in [1.54, 1.807) is 31.2 Å². The van der Waals surface area contributed by atoms with E-state index in [2.05, 4.69) is 5.32 Å². The smallest absolute Gasteiger partial charge is 0.338 e. The highest BCUT2D eigenvalue weighted by atomic mass is 16.5. The minimum atomic E-state index is -0.820. The molecule has 0 aromatic heterocycles. The van der Waals surface area contributed by atoms with Crippen molar-refractivity contribution in [3.8, 4) is 11.5 Å². The Labute approximate surface area is 159 Å². The van der Waals surface area contributed by atoms with Crippen LogP contribution in [0, 0.1) is 0 Å².